The van der Waals surface area contributed by atoms with E-state index in [1.807, 2.05) is 0 Å². The van der Waals surface area contributed by atoms with Crippen LogP contribution in [0.15, 0.2) is 0 Å². The van der Waals surface area contributed by atoms with Gasteiger partial charge in [0.1, 0.15) is 0 Å². The second kappa shape index (κ2) is 3.74. The van der Waals surface area contributed by atoms with Gasteiger partial charge in [-0.15, -0.1) is 0 Å². The van der Waals surface area contributed by atoms with Crippen LogP contribution in [-0.4, -0.2) is 29.2 Å². The van der Waals surface area contributed by atoms with Gasteiger partial charge < -0.3 is 15.0 Å². The number of hydrogen-bond acceptors (Lipinski definition) is 4. The van der Waals surface area contributed by atoms with Gasteiger partial charge in [-0.2, -0.15) is 11.8 Å². The molecule has 0 heterocycles. The smallest absolute Gasteiger partial charge is 0.0671 e. The Hall–Kier alpha value is -0.220. The van der Waals surface area contributed by atoms with Gasteiger partial charge in [0.15, 0.2) is 0 Å². The number of aliphatic carboxylic acids is 1. The van der Waals surface area contributed by atoms with E-state index in [4.69, 9.17) is 5.11 Å². The zero-order chi connectivity index (χ0) is 6.57. The summed E-state index contributed by atoms with van der Waals surface area (Å²) in [5.41, 5.74) is 0. The third kappa shape index (κ3) is 2.18. The van der Waals surface area contributed by atoms with Gasteiger partial charge in [-0.3, -0.25) is 0 Å². The van der Waals surface area contributed by atoms with Crippen LogP contribution in [0.25, 0.3) is 0 Å². The van der Waals surface area contributed by atoms with Gasteiger partial charge >= 0.3 is 0 Å². The first-order chi connectivity index (χ1) is 3.72. The molecule has 0 bridgehead atoms. The van der Waals surface area contributed by atoms with Crippen LogP contribution >= 0.6 is 11.8 Å². The van der Waals surface area contributed by atoms with Crippen LogP contribution in [0.3, 0.4) is 0 Å². The number of carboxylic acid groups (broad SMARTS) is 1. The van der Waals surface area contributed by atoms with E-state index >= 15 is 0 Å². The lowest BCUT2D eigenvalue weighted by Crippen LogP contribution is -2.35. The van der Waals surface area contributed by atoms with Crippen molar-refractivity contribution in [3.8, 4) is 0 Å². The molecule has 0 aromatic heterocycles. The fourth-order valence-electron chi connectivity index (χ4n) is 0.245. The van der Waals surface area contributed by atoms with Crippen LogP contribution in [0.4, 0.5) is 0 Å². The van der Waals surface area contributed by atoms with Gasteiger partial charge in [-0.1, -0.05) is 0 Å². The quantitative estimate of drug-likeness (QED) is 0.509. The molecule has 0 aliphatic carbocycles. The number of carbonyl (C=O) groups is 1. The van der Waals surface area contributed by atoms with Crippen molar-refractivity contribution in [2.24, 2.45) is 0 Å². The molecular formula is C4H7O3S-. The number of carbonyl (C=O) groups excluding carboxylic acids is 1. The first-order valence-electron chi connectivity index (χ1n) is 2.07. The van der Waals surface area contributed by atoms with Gasteiger partial charge in [-0.05, 0) is 6.26 Å². The highest BCUT2D eigenvalue weighted by Gasteiger charge is 2.03. The molecular weight excluding hydrogens is 128 g/mol. The van der Waals surface area contributed by atoms with Crippen LogP contribution < -0.4 is 5.11 Å². The molecule has 3 nitrogen and oxygen atoms in total. The zero-order valence-corrected chi connectivity index (χ0v) is 5.27. The Morgan fingerprint density at radius 2 is 2.50 bits per heavy atom. The summed E-state index contributed by atoms with van der Waals surface area (Å²) in [7, 11) is 0. The molecule has 0 saturated heterocycles. The Morgan fingerprint density at radius 3 is 2.50 bits per heavy atom. The van der Waals surface area contributed by atoms with Crippen molar-refractivity contribution in [3.63, 3.8) is 0 Å². The third-order valence-corrected chi connectivity index (χ3v) is 1.62. The molecule has 1 unspecified atom stereocenters. The Kier molecular flexibility index (Phi) is 3.64. The Labute approximate surface area is 51.7 Å². The number of carboxylic acids is 1. The predicted octanol–water partition coefficient (Wildman–Crippen LogP) is -1.54. The number of rotatable bonds is 3. The predicted molar refractivity (Wildman–Crippen MR) is 29.4 cm³/mol. The second-order valence-electron chi connectivity index (χ2n) is 1.23. The SMILES string of the molecule is CSC(CO)C(=O)[O-]. The molecule has 48 valence electrons. The maximum atomic E-state index is 9.87. The number of aliphatic hydroxyl groups is 1. The summed E-state index contributed by atoms with van der Waals surface area (Å²) in [6.07, 6.45) is 1.61. The molecule has 1 atom stereocenters. The highest BCUT2D eigenvalue weighted by atomic mass is 32.2. The molecule has 0 radical (unpaired) electrons. The average molecular weight is 135 g/mol. The van der Waals surface area contributed by atoms with Crippen molar-refractivity contribution in [2.75, 3.05) is 12.9 Å². The minimum absolute atomic E-state index is 0.358. The number of hydrogen-bond donors (Lipinski definition) is 1. The maximum Gasteiger partial charge on any atom is 0.0671 e. The van der Waals surface area contributed by atoms with E-state index < -0.39 is 11.2 Å². The molecule has 0 aromatic rings. The minimum Gasteiger partial charge on any atom is -0.549 e. The zero-order valence-electron chi connectivity index (χ0n) is 4.46. The fraction of sp³-hybridized carbons (Fsp3) is 0.750. The summed E-state index contributed by atoms with van der Waals surface area (Å²) < 4.78 is 0. The summed E-state index contributed by atoms with van der Waals surface area (Å²) in [6.45, 7) is -0.358. The molecule has 0 aliphatic heterocycles. The molecule has 0 amide bonds. The average Bonchev–Trinajstić information content (AvgIpc) is 1.69. The Balaban J connectivity index is 3.52. The summed E-state index contributed by atoms with van der Waals surface area (Å²) in [4.78, 5) is 9.87. The molecule has 0 saturated carbocycles. The van der Waals surface area contributed by atoms with Crippen molar-refractivity contribution in [1.29, 1.82) is 0 Å². The highest BCUT2D eigenvalue weighted by molar-refractivity contribution is 7.99. The lowest BCUT2D eigenvalue weighted by molar-refractivity contribution is -0.305. The van der Waals surface area contributed by atoms with Crippen LogP contribution in [-0.2, 0) is 4.79 Å². The summed E-state index contributed by atoms with van der Waals surface area (Å²) >= 11 is 1.07. The largest absolute Gasteiger partial charge is 0.549 e. The Bertz CT molecular complexity index is 79.4. The maximum absolute atomic E-state index is 9.87. The lowest BCUT2D eigenvalue weighted by Gasteiger charge is -2.10. The van der Waals surface area contributed by atoms with Crippen molar-refractivity contribution in [3.05, 3.63) is 0 Å². The molecule has 8 heavy (non-hydrogen) atoms. The van der Waals surface area contributed by atoms with E-state index in [0.29, 0.717) is 0 Å². The monoisotopic (exact) mass is 135 g/mol. The van der Waals surface area contributed by atoms with Gasteiger partial charge in [0, 0.05) is 0 Å². The van der Waals surface area contributed by atoms with Crippen LogP contribution in [0, 0.1) is 0 Å². The summed E-state index contributed by atoms with van der Waals surface area (Å²) in [5.74, 6) is -1.21. The van der Waals surface area contributed by atoms with Gasteiger partial charge in [0.25, 0.3) is 0 Å². The first-order valence-corrected chi connectivity index (χ1v) is 3.35. The fourth-order valence-corrected chi connectivity index (χ4v) is 0.587. The first kappa shape index (κ1) is 7.78. The normalized spacial score (nSPS) is 13.2. The van der Waals surface area contributed by atoms with Gasteiger partial charge in [0.2, 0.25) is 0 Å². The third-order valence-electron chi connectivity index (χ3n) is 0.713. The van der Waals surface area contributed by atoms with Crippen LogP contribution in [0.2, 0.25) is 0 Å². The molecule has 0 aliphatic rings. The summed E-state index contributed by atoms with van der Waals surface area (Å²) in [6, 6.07) is 0. The molecule has 0 spiro atoms. The van der Waals surface area contributed by atoms with Crippen molar-refractivity contribution in [2.45, 2.75) is 5.25 Å². The second-order valence-corrected chi connectivity index (χ2v) is 2.27. The standard InChI is InChI=1S/C4H8O3S/c1-8-3(2-5)4(6)7/h3,5H,2H2,1H3,(H,6,7)/p-1. The molecule has 0 fully saturated rings. The van der Waals surface area contributed by atoms with E-state index in [-0.39, 0.29) is 6.61 Å². The van der Waals surface area contributed by atoms with Crippen molar-refractivity contribution < 1.29 is 15.0 Å². The minimum atomic E-state index is -1.21. The van der Waals surface area contributed by atoms with Crippen LogP contribution in [0.1, 0.15) is 0 Å². The molecule has 1 N–H and O–H groups in total. The molecule has 0 rings (SSSR count). The van der Waals surface area contributed by atoms with Crippen molar-refractivity contribution >= 4 is 17.7 Å². The number of aliphatic hydroxyl groups excluding tert-OH is 1. The van der Waals surface area contributed by atoms with Gasteiger partial charge in [0.05, 0.1) is 17.8 Å². The van der Waals surface area contributed by atoms with E-state index in [9.17, 15) is 9.90 Å². The lowest BCUT2D eigenvalue weighted by atomic mass is 10.5. The summed E-state index contributed by atoms with van der Waals surface area (Å²) in [5, 5.41) is 17.4. The topological polar surface area (TPSA) is 60.4 Å². The van der Waals surface area contributed by atoms with Crippen molar-refractivity contribution in [1.82, 2.24) is 0 Å². The molecule has 0 aromatic carbocycles. The highest BCUT2D eigenvalue weighted by Crippen LogP contribution is 2.02. The Morgan fingerprint density at radius 1 is 2.00 bits per heavy atom. The van der Waals surface area contributed by atoms with E-state index in [1.165, 1.54) is 0 Å². The van der Waals surface area contributed by atoms with Crippen LogP contribution in [0.5, 0.6) is 0 Å². The van der Waals surface area contributed by atoms with E-state index in [2.05, 4.69) is 0 Å². The number of thioether (sulfide) groups is 1. The molecule has 4 heteroatoms. The van der Waals surface area contributed by atoms with Gasteiger partial charge in [-0.25, -0.2) is 0 Å². The van der Waals surface area contributed by atoms with E-state index in [1.54, 1.807) is 6.26 Å². The van der Waals surface area contributed by atoms with E-state index in [0.717, 1.165) is 11.8 Å².